The fourth-order valence-electron chi connectivity index (χ4n) is 4.00. The largest absolute Gasteiger partial charge is 0.433 e. The molecule has 11 heteroatoms. The molecule has 1 saturated carbocycles. The van der Waals surface area contributed by atoms with E-state index in [9.17, 15) is 23.4 Å². The van der Waals surface area contributed by atoms with E-state index < -0.39 is 23.7 Å². The van der Waals surface area contributed by atoms with Crippen molar-refractivity contribution in [3.8, 4) is 10.4 Å². The van der Waals surface area contributed by atoms with Crippen LogP contribution in [0.15, 0.2) is 36.7 Å². The van der Waals surface area contributed by atoms with Crippen molar-refractivity contribution in [2.75, 3.05) is 5.32 Å². The Morgan fingerprint density at radius 3 is 2.61 bits per heavy atom. The Morgan fingerprint density at radius 2 is 1.94 bits per heavy atom. The highest BCUT2D eigenvalue weighted by Gasteiger charge is 2.38. The summed E-state index contributed by atoms with van der Waals surface area (Å²) in [5, 5.41) is 24.1. The van der Waals surface area contributed by atoms with Gasteiger partial charge in [-0.2, -0.15) is 13.2 Å². The zero-order chi connectivity index (χ0) is 23.8. The smallest absolute Gasteiger partial charge is 0.383 e. The van der Waals surface area contributed by atoms with Crippen molar-refractivity contribution in [1.29, 1.82) is 0 Å². The zero-order valence-corrected chi connectivity index (χ0v) is 18.6. The van der Waals surface area contributed by atoms with E-state index in [4.69, 9.17) is 5.73 Å². The molecule has 33 heavy (non-hydrogen) atoms. The molecule has 2 aromatic heterocycles. The molecule has 1 aliphatic carbocycles. The predicted octanol–water partition coefficient (Wildman–Crippen LogP) is 4.33. The molecule has 176 valence electrons. The third-order valence-corrected chi connectivity index (χ3v) is 7.05. The zero-order valence-electron chi connectivity index (χ0n) is 17.8. The molecule has 2 heterocycles. The van der Waals surface area contributed by atoms with E-state index in [1.807, 2.05) is 13.0 Å². The standard InChI is InChI=1S/C22H24F3N5O2S/c1-12-8-14(10-15(9-12)29-20-27-7-4-17(30-20)22(23,24)25)16-11-28-19(33-16)21(32)5-2-13(3-6-21)18(26)31/h4,7-11,13,18,31-32H,2-3,5-6,26H2,1H3,(H,27,29,30). The molecular weight excluding hydrogens is 455 g/mol. The summed E-state index contributed by atoms with van der Waals surface area (Å²) in [5.41, 5.74) is 5.72. The summed E-state index contributed by atoms with van der Waals surface area (Å²) in [7, 11) is 0. The number of alkyl halides is 3. The lowest BCUT2D eigenvalue weighted by molar-refractivity contribution is -0.141. The second kappa shape index (κ2) is 8.98. The Hall–Kier alpha value is -2.60. The molecule has 1 atom stereocenters. The number of aromatic nitrogens is 3. The summed E-state index contributed by atoms with van der Waals surface area (Å²) in [6.45, 7) is 1.87. The summed E-state index contributed by atoms with van der Waals surface area (Å²) in [6.07, 6.45) is -0.557. The molecule has 1 aliphatic rings. The Balaban J connectivity index is 1.55. The van der Waals surface area contributed by atoms with Crippen LogP contribution in [0.3, 0.4) is 0 Å². The first-order chi connectivity index (χ1) is 15.5. The van der Waals surface area contributed by atoms with Crippen molar-refractivity contribution in [1.82, 2.24) is 15.0 Å². The van der Waals surface area contributed by atoms with Gasteiger partial charge in [0.25, 0.3) is 0 Å². The quantitative estimate of drug-likeness (QED) is 0.403. The highest BCUT2D eigenvalue weighted by Crippen LogP contribution is 2.43. The molecule has 0 saturated heterocycles. The van der Waals surface area contributed by atoms with Crippen molar-refractivity contribution < 1.29 is 23.4 Å². The number of nitrogens with zero attached hydrogens (tertiary/aromatic N) is 3. The number of halogens is 3. The predicted molar refractivity (Wildman–Crippen MR) is 119 cm³/mol. The third-order valence-electron chi connectivity index (χ3n) is 5.81. The second-order valence-corrected chi connectivity index (χ2v) is 9.40. The second-order valence-electron chi connectivity index (χ2n) is 8.37. The van der Waals surface area contributed by atoms with Crippen LogP contribution >= 0.6 is 11.3 Å². The van der Waals surface area contributed by atoms with Gasteiger partial charge in [0.1, 0.15) is 22.5 Å². The van der Waals surface area contributed by atoms with Crippen LogP contribution in [0.4, 0.5) is 24.8 Å². The lowest BCUT2D eigenvalue weighted by atomic mass is 9.78. The van der Waals surface area contributed by atoms with Crippen molar-refractivity contribution in [3.63, 3.8) is 0 Å². The molecule has 0 spiro atoms. The number of benzene rings is 1. The summed E-state index contributed by atoms with van der Waals surface area (Å²) >= 11 is 1.37. The lowest BCUT2D eigenvalue weighted by Gasteiger charge is -2.35. The van der Waals surface area contributed by atoms with Gasteiger partial charge in [-0.3, -0.25) is 0 Å². The minimum atomic E-state index is -4.56. The minimum absolute atomic E-state index is 0.0341. The molecule has 0 amide bonds. The number of thiazole rings is 1. The molecule has 1 fully saturated rings. The summed E-state index contributed by atoms with van der Waals surface area (Å²) in [4.78, 5) is 12.7. The van der Waals surface area contributed by atoms with Gasteiger partial charge < -0.3 is 21.3 Å². The molecular formula is C22H24F3N5O2S. The number of rotatable bonds is 5. The number of aryl methyl sites for hydroxylation is 1. The maximum Gasteiger partial charge on any atom is 0.433 e. The molecule has 0 bridgehead atoms. The van der Waals surface area contributed by atoms with Gasteiger partial charge in [0, 0.05) is 18.1 Å². The average molecular weight is 480 g/mol. The monoisotopic (exact) mass is 479 g/mol. The normalized spacial score (nSPS) is 22.2. The maximum absolute atomic E-state index is 12.9. The van der Waals surface area contributed by atoms with Crippen molar-refractivity contribution >= 4 is 23.0 Å². The number of nitrogens with one attached hydrogen (secondary N) is 1. The van der Waals surface area contributed by atoms with Crippen LogP contribution < -0.4 is 11.1 Å². The maximum atomic E-state index is 12.9. The first-order valence-corrected chi connectivity index (χ1v) is 11.3. The number of hydrogen-bond acceptors (Lipinski definition) is 8. The van der Waals surface area contributed by atoms with Crippen LogP contribution in [-0.2, 0) is 11.8 Å². The van der Waals surface area contributed by atoms with Gasteiger partial charge in [0.05, 0.1) is 4.88 Å². The van der Waals surface area contributed by atoms with E-state index in [2.05, 4.69) is 20.3 Å². The van der Waals surface area contributed by atoms with Crippen molar-refractivity contribution in [2.45, 2.75) is 50.6 Å². The van der Waals surface area contributed by atoms with Gasteiger partial charge in [-0.05, 0) is 67.9 Å². The van der Waals surface area contributed by atoms with Crippen LogP contribution in [0.1, 0.15) is 41.9 Å². The molecule has 1 aromatic carbocycles. The fourth-order valence-corrected chi connectivity index (χ4v) is 5.05. The Labute approximate surface area is 192 Å². The van der Waals surface area contributed by atoms with E-state index in [0.29, 0.717) is 36.4 Å². The summed E-state index contributed by atoms with van der Waals surface area (Å²) in [6, 6.07) is 6.31. The van der Waals surface area contributed by atoms with Gasteiger partial charge in [-0.15, -0.1) is 11.3 Å². The Bertz CT molecular complexity index is 1130. The molecule has 7 nitrogen and oxygen atoms in total. The highest BCUT2D eigenvalue weighted by molar-refractivity contribution is 7.15. The van der Waals surface area contributed by atoms with Gasteiger partial charge in [0.2, 0.25) is 5.95 Å². The first-order valence-electron chi connectivity index (χ1n) is 10.5. The van der Waals surface area contributed by atoms with Crippen LogP contribution in [0.25, 0.3) is 10.4 Å². The highest BCUT2D eigenvalue weighted by atomic mass is 32.1. The Morgan fingerprint density at radius 1 is 1.21 bits per heavy atom. The van der Waals surface area contributed by atoms with E-state index >= 15 is 0 Å². The van der Waals surface area contributed by atoms with E-state index in [0.717, 1.165) is 28.3 Å². The summed E-state index contributed by atoms with van der Waals surface area (Å²) in [5.74, 6) is -0.187. The molecule has 0 aliphatic heterocycles. The Kier molecular flexibility index (Phi) is 6.41. The van der Waals surface area contributed by atoms with Crippen molar-refractivity contribution in [2.24, 2.45) is 11.7 Å². The molecule has 0 radical (unpaired) electrons. The average Bonchev–Trinajstić information content (AvgIpc) is 3.25. The number of nitrogens with two attached hydrogens (primary N) is 1. The molecule has 4 rings (SSSR count). The van der Waals surface area contributed by atoms with Crippen LogP contribution in [0.2, 0.25) is 0 Å². The molecule has 5 N–H and O–H groups in total. The number of hydrogen-bond donors (Lipinski definition) is 4. The fraction of sp³-hybridized carbons (Fsp3) is 0.409. The van der Waals surface area contributed by atoms with Gasteiger partial charge in [-0.25, -0.2) is 15.0 Å². The van der Waals surface area contributed by atoms with Gasteiger partial charge in [0.15, 0.2) is 0 Å². The summed E-state index contributed by atoms with van der Waals surface area (Å²) < 4.78 is 38.8. The van der Waals surface area contributed by atoms with Crippen LogP contribution in [-0.4, -0.2) is 31.4 Å². The lowest BCUT2D eigenvalue weighted by Crippen LogP contribution is -2.38. The van der Waals surface area contributed by atoms with Crippen LogP contribution in [0, 0.1) is 12.8 Å². The first kappa shape index (κ1) is 23.6. The van der Waals surface area contributed by atoms with E-state index in [1.54, 1.807) is 18.3 Å². The topological polar surface area (TPSA) is 117 Å². The minimum Gasteiger partial charge on any atom is -0.383 e. The number of aliphatic hydroxyl groups is 2. The number of anilines is 2. The third kappa shape index (κ3) is 5.32. The van der Waals surface area contributed by atoms with Gasteiger partial charge in [-0.1, -0.05) is 6.07 Å². The molecule has 3 aromatic rings. The molecule has 1 unspecified atom stereocenters. The van der Waals surface area contributed by atoms with E-state index in [1.165, 1.54) is 11.3 Å². The van der Waals surface area contributed by atoms with Crippen molar-refractivity contribution in [3.05, 3.63) is 52.9 Å². The SMILES string of the molecule is Cc1cc(Nc2nccc(C(F)(F)F)n2)cc(-c2cnc(C3(O)CCC(C(N)O)CC3)s2)c1. The number of aliphatic hydroxyl groups excluding tert-OH is 1. The van der Waals surface area contributed by atoms with E-state index in [-0.39, 0.29) is 11.9 Å². The van der Waals surface area contributed by atoms with Crippen LogP contribution in [0.5, 0.6) is 0 Å². The van der Waals surface area contributed by atoms with Gasteiger partial charge >= 0.3 is 6.18 Å².